The van der Waals surface area contributed by atoms with E-state index >= 15 is 0 Å². The number of nitrogens with one attached hydrogen (secondary N) is 1. The van der Waals surface area contributed by atoms with E-state index in [1.54, 1.807) is 0 Å². The van der Waals surface area contributed by atoms with Crippen molar-refractivity contribution in [2.45, 2.75) is 24.8 Å². The van der Waals surface area contributed by atoms with E-state index in [-0.39, 0.29) is 5.92 Å². The van der Waals surface area contributed by atoms with E-state index in [2.05, 4.69) is 5.32 Å². The van der Waals surface area contributed by atoms with Gasteiger partial charge < -0.3 is 10.4 Å². The molecule has 2 atom stereocenters. The molecule has 0 amide bonds. The molecule has 86 valence electrons. The molecule has 3 nitrogen and oxygen atoms in total. The highest BCUT2D eigenvalue weighted by Gasteiger charge is 2.28. The van der Waals surface area contributed by atoms with Gasteiger partial charge in [-0.1, -0.05) is 29.8 Å². The highest BCUT2D eigenvalue weighted by atomic mass is 35.5. The summed E-state index contributed by atoms with van der Waals surface area (Å²) in [6, 6.07) is 7.22. The van der Waals surface area contributed by atoms with Crippen molar-refractivity contribution < 1.29 is 9.90 Å². The molecule has 1 aliphatic rings. The first-order valence-corrected chi connectivity index (χ1v) is 5.77. The first-order chi connectivity index (χ1) is 7.68. The van der Waals surface area contributed by atoms with E-state index in [1.165, 1.54) is 0 Å². The SMILES string of the molecule is O=C(O)C1CC(c2ccccc2Cl)CCN1. The summed E-state index contributed by atoms with van der Waals surface area (Å²) in [6.45, 7) is 0.729. The molecular formula is C12H14ClNO2. The van der Waals surface area contributed by atoms with Crippen LogP contribution in [-0.4, -0.2) is 23.7 Å². The van der Waals surface area contributed by atoms with Gasteiger partial charge >= 0.3 is 5.97 Å². The number of halogens is 1. The predicted molar refractivity (Wildman–Crippen MR) is 62.9 cm³/mol. The fourth-order valence-corrected chi connectivity index (χ4v) is 2.48. The minimum Gasteiger partial charge on any atom is -0.480 e. The van der Waals surface area contributed by atoms with E-state index in [4.69, 9.17) is 16.7 Å². The second-order valence-corrected chi connectivity index (χ2v) is 4.49. The van der Waals surface area contributed by atoms with Crippen LogP contribution < -0.4 is 5.32 Å². The number of carboxylic acids is 1. The number of benzene rings is 1. The summed E-state index contributed by atoms with van der Waals surface area (Å²) in [6.07, 6.45) is 1.55. The fourth-order valence-electron chi connectivity index (χ4n) is 2.19. The lowest BCUT2D eigenvalue weighted by molar-refractivity contribution is -0.140. The summed E-state index contributed by atoms with van der Waals surface area (Å²) >= 11 is 6.12. The van der Waals surface area contributed by atoms with Gasteiger partial charge in [0, 0.05) is 5.02 Å². The summed E-state index contributed by atoms with van der Waals surface area (Å²) in [5, 5.41) is 12.7. The summed E-state index contributed by atoms with van der Waals surface area (Å²) in [7, 11) is 0. The average Bonchev–Trinajstić information content (AvgIpc) is 2.30. The van der Waals surface area contributed by atoms with Crippen LogP contribution in [0.1, 0.15) is 24.3 Å². The summed E-state index contributed by atoms with van der Waals surface area (Å²) in [5.41, 5.74) is 1.07. The van der Waals surface area contributed by atoms with Crippen molar-refractivity contribution in [3.8, 4) is 0 Å². The first-order valence-electron chi connectivity index (χ1n) is 5.39. The van der Waals surface area contributed by atoms with Gasteiger partial charge in [0.2, 0.25) is 0 Å². The highest BCUT2D eigenvalue weighted by Crippen LogP contribution is 2.32. The maximum absolute atomic E-state index is 10.9. The molecule has 0 radical (unpaired) electrons. The van der Waals surface area contributed by atoms with Gasteiger partial charge in [-0.25, -0.2) is 0 Å². The van der Waals surface area contributed by atoms with Crippen molar-refractivity contribution in [1.82, 2.24) is 5.32 Å². The molecule has 1 fully saturated rings. The van der Waals surface area contributed by atoms with E-state index in [1.807, 2.05) is 24.3 Å². The van der Waals surface area contributed by atoms with Crippen LogP contribution in [0.2, 0.25) is 5.02 Å². The lowest BCUT2D eigenvalue weighted by Gasteiger charge is -2.28. The topological polar surface area (TPSA) is 49.3 Å². The molecule has 1 saturated heterocycles. The Morgan fingerprint density at radius 1 is 1.44 bits per heavy atom. The molecule has 2 N–H and O–H groups in total. The Labute approximate surface area is 99.4 Å². The fraction of sp³-hybridized carbons (Fsp3) is 0.417. The van der Waals surface area contributed by atoms with Crippen LogP contribution in [0.25, 0.3) is 0 Å². The number of hydrogen-bond acceptors (Lipinski definition) is 2. The molecule has 4 heteroatoms. The Bertz CT molecular complexity index is 394. The zero-order chi connectivity index (χ0) is 11.5. The molecule has 0 bridgehead atoms. The summed E-state index contributed by atoms with van der Waals surface area (Å²) < 4.78 is 0. The molecule has 0 saturated carbocycles. The Balaban J connectivity index is 2.16. The van der Waals surface area contributed by atoms with Crippen LogP contribution in [0.3, 0.4) is 0 Å². The largest absolute Gasteiger partial charge is 0.480 e. The van der Waals surface area contributed by atoms with Crippen LogP contribution >= 0.6 is 11.6 Å². The molecule has 0 aromatic heterocycles. The molecule has 0 spiro atoms. The van der Waals surface area contributed by atoms with E-state index in [9.17, 15) is 4.79 Å². The van der Waals surface area contributed by atoms with Gasteiger partial charge in [-0.15, -0.1) is 0 Å². The van der Waals surface area contributed by atoms with Gasteiger partial charge in [0.05, 0.1) is 0 Å². The Morgan fingerprint density at radius 2 is 2.19 bits per heavy atom. The third-order valence-corrected chi connectivity index (χ3v) is 3.39. The quantitative estimate of drug-likeness (QED) is 0.832. The third-order valence-electron chi connectivity index (χ3n) is 3.05. The number of carboxylic acid groups (broad SMARTS) is 1. The minimum atomic E-state index is -0.781. The Kier molecular flexibility index (Phi) is 3.46. The van der Waals surface area contributed by atoms with Crippen molar-refractivity contribution in [2.24, 2.45) is 0 Å². The molecule has 1 heterocycles. The van der Waals surface area contributed by atoms with E-state index in [0.717, 1.165) is 23.6 Å². The van der Waals surface area contributed by atoms with Gasteiger partial charge in [0.1, 0.15) is 6.04 Å². The Hall–Kier alpha value is -1.06. The van der Waals surface area contributed by atoms with Crippen molar-refractivity contribution in [1.29, 1.82) is 0 Å². The average molecular weight is 240 g/mol. The van der Waals surface area contributed by atoms with Gasteiger partial charge in [-0.05, 0) is 36.9 Å². The minimum absolute atomic E-state index is 0.246. The maximum atomic E-state index is 10.9. The predicted octanol–water partition coefficient (Wildman–Crippen LogP) is 2.26. The van der Waals surface area contributed by atoms with Gasteiger partial charge in [-0.2, -0.15) is 0 Å². The molecule has 1 aromatic rings. The van der Waals surface area contributed by atoms with E-state index in [0.29, 0.717) is 6.42 Å². The van der Waals surface area contributed by atoms with Crippen LogP contribution in [0.15, 0.2) is 24.3 Å². The van der Waals surface area contributed by atoms with Gasteiger partial charge in [-0.3, -0.25) is 4.79 Å². The van der Waals surface area contributed by atoms with Gasteiger partial charge in [0.15, 0.2) is 0 Å². The van der Waals surface area contributed by atoms with Crippen LogP contribution in [-0.2, 0) is 4.79 Å². The maximum Gasteiger partial charge on any atom is 0.320 e. The van der Waals surface area contributed by atoms with Crippen molar-refractivity contribution >= 4 is 17.6 Å². The Morgan fingerprint density at radius 3 is 2.88 bits per heavy atom. The number of rotatable bonds is 2. The highest BCUT2D eigenvalue weighted by molar-refractivity contribution is 6.31. The smallest absolute Gasteiger partial charge is 0.320 e. The van der Waals surface area contributed by atoms with Crippen molar-refractivity contribution in [3.63, 3.8) is 0 Å². The summed E-state index contributed by atoms with van der Waals surface area (Å²) in [4.78, 5) is 10.9. The zero-order valence-corrected chi connectivity index (χ0v) is 9.57. The number of piperidine rings is 1. The van der Waals surface area contributed by atoms with Crippen LogP contribution in [0.5, 0.6) is 0 Å². The number of aliphatic carboxylic acids is 1. The van der Waals surface area contributed by atoms with Crippen LogP contribution in [0.4, 0.5) is 0 Å². The summed E-state index contributed by atoms with van der Waals surface area (Å²) in [5.74, 6) is -0.534. The number of carbonyl (C=O) groups is 1. The van der Waals surface area contributed by atoms with Gasteiger partial charge in [0.25, 0.3) is 0 Å². The molecule has 16 heavy (non-hydrogen) atoms. The van der Waals surface area contributed by atoms with Crippen LogP contribution in [0, 0.1) is 0 Å². The second-order valence-electron chi connectivity index (χ2n) is 4.09. The molecular weight excluding hydrogens is 226 g/mol. The lowest BCUT2D eigenvalue weighted by Crippen LogP contribution is -2.42. The molecule has 1 aliphatic heterocycles. The zero-order valence-electron chi connectivity index (χ0n) is 8.82. The molecule has 2 unspecified atom stereocenters. The second kappa shape index (κ2) is 4.85. The van der Waals surface area contributed by atoms with Crippen molar-refractivity contribution in [2.75, 3.05) is 6.54 Å². The molecule has 2 rings (SSSR count). The lowest BCUT2D eigenvalue weighted by atomic mass is 9.86. The van der Waals surface area contributed by atoms with E-state index < -0.39 is 12.0 Å². The first kappa shape index (κ1) is 11.4. The monoisotopic (exact) mass is 239 g/mol. The van der Waals surface area contributed by atoms with Crippen molar-refractivity contribution in [3.05, 3.63) is 34.9 Å². The molecule has 1 aromatic carbocycles. The standard InChI is InChI=1S/C12H14ClNO2/c13-10-4-2-1-3-9(10)8-5-6-14-11(7-8)12(15)16/h1-4,8,11,14H,5-7H2,(H,15,16). The normalized spacial score (nSPS) is 25.3. The number of hydrogen-bond donors (Lipinski definition) is 2. The molecule has 0 aliphatic carbocycles. The third kappa shape index (κ3) is 2.36.